The Kier molecular flexibility index (Phi) is 5.29. The van der Waals surface area contributed by atoms with Crippen LogP contribution in [0.1, 0.15) is 41.3 Å². The molecular formula is C26H28N4O2. The van der Waals surface area contributed by atoms with Crippen molar-refractivity contribution in [3.8, 4) is 5.75 Å². The van der Waals surface area contributed by atoms with Crippen LogP contribution < -0.4 is 4.74 Å². The van der Waals surface area contributed by atoms with Crippen LogP contribution in [-0.4, -0.2) is 45.6 Å². The molecule has 6 nitrogen and oxygen atoms in total. The monoisotopic (exact) mass is 428 g/mol. The number of amides is 1. The number of hydrogen-bond donors (Lipinski definition) is 0. The molecule has 1 aliphatic heterocycles. The van der Waals surface area contributed by atoms with Gasteiger partial charge in [-0.1, -0.05) is 24.3 Å². The summed E-state index contributed by atoms with van der Waals surface area (Å²) in [6.07, 6.45) is 2.17. The first kappa shape index (κ1) is 20.5. The number of carbonyl (C=O) groups is 1. The van der Waals surface area contributed by atoms with Crippen LogP contribution in [0.25, 0.3) is 16.6 Å². The number of aryl methyl sites for hydroxylation is 2. The normalized spacial score (nSPS) is 16.2. The molecule has 0 bridgehead atoms. The van der Waals surface area contributed by atoms with Crippen LogP contribution in [0, 0.1) is 13.8 Å². The van der Waals surface area contributed by atoms with E-state index in [2.05, 4.69) is 25.1 Å². The third kappa shape index (κ3) is 3.60. The average molecular weight is 429 g/mol. The van der Waals surface area contributed by atoms with Gasteiger partial charge in [-0.3, -0.25) is 4.79 Å². The molecule has 0 spiro atoms. The van der Waals surface area contributed by atoms with E-state index in [1.165, 1.54) is 5.56 Å². The number of hydrogen-bond acceptors (Lipinski definition) is 4. The Labute approximate surface area is 187 Å². The van der Waals surface area contributed by atoms with Crippen LogP contribution in [0.4, 0.5) is 0 Å². The van der Waals surface area contributed by atoms with Gasteiger partial charge in [0, 0.05) is 42.2 Å². The zero-order valence-electron chi connectivity index (χ0n) is 18.8. The second-order valence-corrected chi connectivity index (χ2v) is 8.61. The number of carbonyl (C=O) groups excluding carboxylic acids is 1. The summed E-state index contributed by atoms with van der Waals surface area (Å²) in [5, 5.41) is 5.79. The van der Waals surface area contributed by atoms with Gasteiger partial charge in [0.05, 0.1) is 12.6 Å². The van der Waals surface area contributed by atoms with Crippen LogP contribution in [-0.2, 0) is 11.2 Å². The molecule has 1 amide bonds. The van der Waals surface area contributed by atoms with Crippen molar-refractivity contribution in [3.05, 3.63) is 71.0 Å². The van der Waals surface area contributed by atoms with Crippen LogP contribution in [0.15, 0.2) is 48.5 Å². The Morgan fingerprint density at radius 3 is 2.69 bits per heavy atom. The first-order chi connectivity index (χ1) is 15.5. The van der Waals surface area contributed by atoms with E-state index in [9.17, 15) is 4.79 Å². The van der Waals surface area contributed by atoms with Crippen molar-refractivity contribution in [1.82, 2.24) is 19.5 Å². The molecule has 1 fully saturated rings. The molecule has 6 heteroatoms. The molecule has 5 rings (SSSR count). The van der Waals surface area contributed by atoms with Crippen molar-refractivity contribution < 1.29 is 9.53 Å². The molecule has 1 atom stereocenters. The summed E-state index contributed by atoms with van der Waals surface area (Å²) >= 11 is 0. The molecule has 2 aromatic carbocycles. The van der Waals surface area contributed by atoms with Gasteiger partial charge in [0.1, 0.15) is 5.75 Å². The van der Waals surface area contributed by atoms with Crippen molar-refractivity contribution in [2.75, 3.05) is 20.2 Å². The first-order valence-corrected chi connectivity index (χ1v) is 11.2. The summed E-state index contributed by atoms with van der Waals surface area (Å²) in [4.78, 5) is 19.8. The summed E-state index contributed by atoms with van der Waals surface area (Å²) in [7, 11) is 1.68. The van der Waals surface area contributed by atoms with Crippen LogP contribution >= 0.6 is 0 Å². The molecule has 0 N–H and O–H groups in total. The van der Waals surface area contributed by atoms with Gasteiger partial charge >= 0.3 is 0 Å². The number of methoxy groups -OCH3 is 1. The molecule has 2 aromatic heterocycles. The Balaban J connectivity index is 1.29. The number of benzene rings is 2. The highest BCUT2D eigenvalue weighted by molar-refractivity contribution is 5.92. The van der Waals surface area contributed by atoms with Crippen molar-refractivity contribution in [2.24, 2.45) is 0 Å². The summed E-state index contributed by atoms with van der Waals surface area (Å²) in [5.41, 5.74) is 6.25. The number of ether oxygens (including phenoxy) is 1. The van der Waals surface area contributed by atoms with E-state index in [1.54, 1.807) is 7.11 Å². The van der Waals surface area contributed by atoms with Gasteiger partial charge in [-0.15, -0.1) is 0 Å². The minimum Gasteiger partial charge on any atom is -0.497 e. The third-order valence-corrected chi connectivity index (χ3v) is 6.74. The second kappa shape index (κ2) is 8.26. The number of fused-ring (bicyclic) bond motifs is 3. The van der Waals surface area contributed by atoms with E-state index in [1.807, 2.05) is 46.7 Å². The average Bonchev–Trinajstić information content (AvgIpc) is 3.45. The summed E-state index contributed by atoms with van der Waals surface area (Å²) in [6, 6.07) is 16.3. The lowest BCUT2D eigenvalue weighted by Crippen LogP contribution is -2.28. The van der Waals surface area contributed by atoms with E-state index in [4.69, 9.17) is 14.8 Å². The Hall–Kier alpha value is -3.41. The van der Waals surface area contributed by atoms with E-state index in [-0.39, 0.29) is 5.91 Å². The summed E-state index contributed by atoms with van der Waals surface area (Å²) in [5.74, 6) is 1.47. The van der Waals surface area contributed by atoms with Crippen molar-refractivity contribution in [2.45, 2.75) is 39.0 Å². The lowest BCUT2D eigenvalue weighted by Gasteiger charge is -2.18. The quantitative estimate of drug-likeness (QED) is 0.471. The van der Waals surface area contributed by atoms with E-state index in [0.717, 1.165) is 58.8 Å². The van der Waals surface area contributed by atoms with Gasteiger partial charge in [0.25, 0.3) is 0 Å². The Morgan fingerprint density at radius 1 is 1.12 bits per heavy atom. The van der Waals surface area contributed by atoms with Gasteiger partial charge < -0.3 is 9.64 Å². The lowest BCUT2D eigenvalue weighted by molar-refractivity contribution is -0.130. The molecule has 1 saturated heterocycles. The lowest BCUT2D eigenvalue weighted by atomic mass is 9.98. The van der Waals surface area contributed by atoms with Gasteiger partial charge in [0.15, 0.2) is 5.65 Å². The highest BCUT2D eigenvalue weighted by Gasteiger charge is 2.27. The Morgan fingerprint density at radius 2 is 1.91 bits per heavy atom. The van der Waals surface area contributed by atoms with Gasteiger partial charge in [-0.05, 0) is 62.1 Å². The fourth-order valence-corrected chi connectivity index (χ4v) is 4.86. The molecule has 32 heavy (non-hydrogen) atoms. The maximum Gasteiger partial charge on any atom is 0.222 e. The Bertz CT molecular complexity index is 1290. The fourth-order valence-electron chi connectivity index (χ4n) is 4.86. The van der Waals surface area contributed by atoms with Crippen molar-refractivity contribution in [1.29, 1.82) is 0 Å². The predicted octanol–water partition coefficient (Wildman–Crippen LogP) is 4.46. The fraction of sp³-hybridized carbons (Fsp3) is 0.346. The highest BCUT2D eigenvalue weighted by atomic mass is 16.5. The summed E-state index contributed by atoms with van der Waals surface area (Å²) < 4.78 is 7.18. The largest absolute Gasteiger partial charge is 0.497 e. The minimum absolute atomic E-state index is 0.213. The third-order valence-electron chi connectivity index (χ3n) is 6.74. The molecule has 1 aliphatic rings. The molecular weight excluding hydrogens is 400 g/mol. The number of rotatable bonds is 5. The first-order valence-electron chi connectivity index (χ1n) is 11.2. The number of aromatic nitrogens is 3. The molecule has 4 aromatic rings. The van der Waals surface area contributed by atoms with Crippen LogP contribution in [0.3, 0.4) is 0 Å². The highest BCUT2D eigenvalue weighted by Crippen LogP contribution is 2.29. The summed E-state index contributed by atoms with van der Waals surface area (Å²) in [6.45, 7) is 5.70. The van der Waals surface area contributed by atoms with Crippen molar-refractivity contribution in [3.63, 3.8) is 0 Å². The molecule has 0 saturated carbocycles. The van der Waals surface area contributed by atoms with E-state index in [0.29, 0.717) is 18.8 Å². The molecule has 0 radical (unpaired) electrons. The zero-order chi connectivity index (χ0) is 22.2. The molecule has 0 aliphatic carbocycles. The predicted molar refractivity (Wildman–Crippen MR) is 125 cm³/mol. The minimum atomic E-state index is 0.213. The van der Waals surface area contributed by atoms with E-state index < -0.39 is 0 Å². The zero-order valence-corrected chi connectivity index (χ0v) is 18.8. The standard InChI is InChI=1S/C26H28N4O2/c1-17-22(18(2)30-26(27-17)23-6-4-5-7-24(23)28-30)12-13-25(31)29-15-14-20(16-29)19-8-10-21(32-3)11-9-19/h4-11,20H,12-16H2,1-3H3. The van der Waals surface area contributed by atoms with Gasteiger partial charge in [-0.2, -0.15) is 5.10 Å². The van der Waals surface area contributed by atoms with Gasteiger partial charge in [-0.25, -0.2) is 9.50 Å². The SMILES string of the molecule is COc1ccc(C2CCN(C(=O)CCc3c(C)nc4c5ccccc5nn4c3C)C2)cc1. The molecule has 1 unspecified atom stereocenters. The van der Waals surface area contributed by atoms with E-state index >= 15 is 0 Å². The maximum atomic E-state index is 13.0. The smallest absolute Gasteiger partial charge is 0.222 e. The van der Waals surface area contributed by atoms with Crippen LogP contribution in [0.2, 0.25) is 0 Å². The van der Waals surface area contributed by atoms with Crippen LogP contribution in [0.5, 0.6) is 5.75 Å². The topological polar surface area (TPSA) is 59.7 Å². The number of nitrogens with zero attached hydrogens (tertiary/aromatic N) is 4. The molecule has 3 heterocycles. The molecule has 164 valence electrons. The van der Waals surface area contributed by atoms with Gasteiger partial charge in [0.2, 0.25) is 5.91 Å². The number of likely N-dealkylation sites (tertiary alicyclic amines) is 1. The second-order valence-electron chi connectivity index (χ2n) is 8.61. The van der Waals surface area contributed by atoms with Crippen molar-refractivity contribution >= 4 is 22.5 Å². The maximum absolute atomic E-state index is 13.0.